The first-order valence-corrected chi connectivity index (χ1v) is 6.95. The third-order valence-corrected chi connectivity index (χ3v) is 3.94. The number of benzene rings is 1. The van der Waals surface area contributed by atoms with Crippen LogP contribution in [-0.2, 0) is 17.6 Å². The molecule has 5 heteroatoms. The summed E-state index contributed by atoms with van der Waals surface area (Å²) in [5, 5.41) is 4.11. The minimum atomic E-state index is -0.313. The third-order valence-electron chi connectivity index (χ3n) is 3.94. The summed E-state index contributed by atoms with van der Waals surface area (Å²) in [6.07, 6.45) is 2.77. The maximum atomic E-state index is 5.61. The number of methoxy groups -OCH3 is 1. The predicted molar refractivity (Wildman–Crippen MR) is 74.3 cm³/mol. The fourth-order valence-corrected chi connectivity index (χ4v) is 2.76. The van der Waals surface area contributed by atoms with Crippen LogP contribution in [0.2, 0.25) is 0 Å². The van der Waals surface area contributed by atoms with Gasteiger partial charge in [-0.25, -0.2) is 0 Å². The van der Waals surface area contributed by atoms with Crippen LogP contribution in [0.3, 0.4) is 0 Å². The number of hydrogen-bond donors (Lipinski definition) is 1. The molecule has 0 radical (unpaired) electrons. The number of nitrogens with zero attached hydrogens (tertiary/aromatic N) is 2. The highest BCUT2D eigenvalue weighted by Crippen LogP contribution is 2.31. The largest absolute Gasteiger partial charge is 0.370 e. The second kappa shape index (κ2) is 5.73. The number of nitrogens with two attached hydrogens (primary N) is 1. The highest BCUT2D eigenvalue weighted by Gasteiger charge is 2.25. The van der Waals surface area contributed by atoms with Gasteiger partial charge in [-0.2, -0.15) is 4.98 Å². The SMILES string of the molecule is COC(CN)c1nc(C2CCc3ccccc3C2)no1. The van der Waals surface area contributed by atoms with Crippen LogP contribution in [0.25, 0.3) is 0 Å². The number of aryl methyl sites for hydroxylation is 1. The van der Waals surface area contributed by atoms with Gasteiger partial charge >= 0.3 is 0 Å². The molecule has 0 amide bonds. The highest BCUT2D eigenvalue weighted by molar-refractivity contribution is 5.31. The van der Waals surface area contributed by atoms with Gasteiger partial charge in [-0.15, -0.1) is 0 Å². The second-order valence-electron chi connectivity index (χ2n) is 5.16. The lowest BCUT2D eigenvalue weighted by Crippen LogP contribution is -2.16. The Bertz CT molecular complexity index is 578. The van der Waals surface area contributed by atoms with Crippen LogP contribution in [0, 0.1) is 0 Å². The topological polar surface area (TPSA) is 74.2 Å². The molecule has 20 heavy (non-hydrogen) atoms. The van der Waals surface area contributed by atoms with E-state index in [1.54, 1.807) is 7.11 Å². The monoisotopic (exact) mass is 273 g/mol. The Kier molecular flexibility index (Phi) is 3.80. The van der Waals surface area contributed by atoms with Crippen molar-refractivity contribution in [2.75, 3.05) is 13.7 Å². The molecule has 1 aliphatic rings. The van der Waals surface area contributed by atoms with Gasteiger partial charge in [0.2, 0.25) is 0 Å². The molecule has 0 spiro atoms. The smallest absolute Gasteiger partial charge is 0.257 e. The molecule has 2 unspecified atom stereocenters. The van der Waals surface area contributed by atoms with Crippen molar-refractivity contribution in [1.29, 1.82) is 0 Å². The van der Waals surface area contributed by atoms with Crippen LogP contribution in [0.4, 0.5) is 0 Å². The first kappa shape index (κ1) is 13.3. The number of fused-ring (bicyclic) bond motifs is 1. The van der Waals surface area contributed by atoms with Crippen LogP contribution in [0.5, 0.6) is 0 Å². The lowest BCUT2D eigenvalue weighted by Gasteiger charge is -2.21. The Morgan fingerprint density at radius 2 is 2.20 bits per heavy atom. The van der Waals surface area contributed by atoms with E-state index in [1.165, 1.54) is 11.1 Å². The van der Waals surface area contributed by atoms with Crippen LogP contribution < -0.4 is 5.73 Å². The Morgan fingerprint density at radius 3 is 2.95 bits per heavy atom. The van der Waals surface area contributed by atoms with E-state index in [0.717, 1.165) is 25.1 Å². The number of ether oxygens (including phenoxy) is 1. The summed E-state index contributed by atoms with van der Waals surface area (Å²) < 4.78 is 10.5. The normalized spacial score (nSPS) is 19.6. The Hall–Kier alpha value is -1.72. The quantitative estimate of drug-likeness (QED) is 0.922. The van der Waals surface area contributed by atoms with Crippen molar-refractivity contribution < 1.29 is 9.26 Å². The van der Waals surface area contributed by atoms with Gasteiger partial charge in [-0.1, -0.05) is 29.4 Å². The average Bonchev–Trinajstić information content (AvgIpc) is 2.98. The standard InChI is InChI=1S/C15H19N3O2/c1-19-13(9-16)15-17-14(18-20-15)12-7-6-10-4-2-3-5-11(10)8-12/h2-5,12-13H,6-9,16H2,1H3. The Balaban J connectivity index is 1.78. The summed E-state index contributed by atoms with van der Waals surface area (Å²) in [5.74, 6) is 1.56. The van der Waals surface area contributed by atoms with Gasteiger partial charge in [-0.3, -0.25) is 0 Å². The van der Waals surface area contributed by atoms with Gasteiger partial charge in [0.25, 0.3) is 5.89 Å². The molecule has 1 heterocycles. The van der Waals surface area contributed by atoms with E-state index >= 15 is 0 Å². The van der Waals surface area contributed by atoms with Crippen molar-refractivity contribution in [3.63, 3.8) is 0 Å². The fraction of sp³-hybridized carbons (Fsp3) is 0.467. The molecule has 106 valence electrons. The van der Waals surface area contributed by atoms with Crippen LogP contribution >= 0.6 is 0 Å². The number of aromatic nitrogens is 2. The van der Waals surface area contributed by atoms with E-state index < -0.39 is 0 Å². The minimum Gasteiger partial charge on any atom is -0.370 e. The minimum absolute atomic E-state index is 0.313. The van der Waals surface area contributed by atoms with E-state index in [1.807, 2.05) is 0 Å². The van der Waals surface area contributed by atoms with Crippen LogP contribution in [-0.4, -0.2) is 23.8 Å². The molecule has 3 rings (SSSR count). The van der Waals surface area contributed by atoms with Gasteiger partial charge in [0, 0.05) is 19.6 Å². The summed E-state index contributed by atoms with van der Waals surface area (Å²) in [6.45, 7) is 0.339. The molecule has 5 nitrogen and oxygen atoms in total. The molecule has 2 atom stereocenters. The Labute approximate surface area is 118 Å². The maximum absolute atomic E-state index is 5.61. The highest BCUT2D eigenvalue weighted by atomic mass is 16.5. The molecule has 1 aliphatic carbocycles. The van der Waals surface area contributed by atoms with Crippen molar-refractivity contribution >= 4 is 0 Å². The van der Waals surface area contributed by atoms with Gasteiger partial charge in [0.1, 0.15) is 6.10 Å². The first-order valence-electron chi connectivity index (χ1n) is 6.95. The second-order valence-corrected chi connectivity index (χ2v) is 5.16. The molecule has 0 bridgehead atoms. The van der Waals surface area contributed by atoms with Gasteiger partial charge in [-0.05, 0) is 30.4 Å². The molecular weight excluding hydrogens is 254 g/mol. The van der Waals surface area contributed by atoms with Crippen molar-refractivity contribution in [2.24, 2.45) is 5.73 Å². The molecule has 2 N–H and O–H groups in total. The zero-order valence-electron chi connectivity index (χ0n) is 11.6. The third kappa shape index (κ3) is 2.46. The van der Waals surface area contributed by atoms with Crippen molar-refractivity contribution in [2.45, 2.75) is 31.3 Å². The lowest BCUT2D eigenvalue weighted by atomic mass is 9.83. The van der Waals surface area contributed by atoms with Gasteiger partial charge in [0.05, 0.1) is 0 Å². The van der Waals surface area contributed by atoms with E-state index in [9.17, 15) is 0 Å². The van der Waals surface area contributed by atoms with E-state index in [-0.39, 0.29) is 6.10 Å². The molecule has 0 aliphatic heterocycles. The van der Waals surface area contributed by atoms with Crippen molar-refractivity contribution in [3.8, 4) is 0 Å². The zero-order valence-corrected chi connectivity index (χ0v) is 11.6. The zero-order chi connectivity index (χ0) is 13.9. The molecule has 2 aromatic rings. The average molecular weight is 273 g/mol. The number of hydrogen-bond acceptors (Lipinski definition) is 5. The van der Waals surface area contributed by atoms with Gasteiger partial charge in [0.15, 0.2) is 5.82 Å². The van der Waals surface area contributed by atoms with E-state index in [0.29, 0.717) is 18.4 Å². The van der Waals surface area contributed by atoms with Crippen LogP contribution in [0.1, 0.15) is 41.3 Å². The van der Waals surface area contributed by atoms with Gasteiger partial charge < -0.3 is 15.0 Å². The molecule has 1 aromatic heterocycles. The van der Waals surface area contributed by atoms with E-state index in [4.69, 9.17) is 15.0 Å². The molecule has 0 fully saturated rings. The molecule has 0 saturated carbocycles. The maximum Gasteiger partial charge on any atom is 0.257 e. The first-order chi connectivity index (χ1) is 9.81. The predicted octanol–water partition coefficient (Wildman–Crippen LogP) is 1.99. The van der Waals surface area contributed by atoms with Crippen molar-refractivity contribution in [3.05, 3.63) is 47.1 Å². The fourth-order valence-electron chi connectivity index (χ4n) is 2.76. The number of rotatable bonds is 4. The lowest BCUT2D eigenvalue weighted by molar-refractivity contribution is 0.0803. The Morgan fingerprint density at radius 1 is 1.40 bits per heavy atom. The summed E-state index contributed by atoms with van der Waals surface area (Å²) in [6, 6.07) is 8.55. The van der Waals surface area contributed by atoms with Crippen molar-refractivity contribution in [1.82, 2.24) is 10.1 Å². The summed E-state index contributed by atoms with van der Waals surface area (Å²) >= 11 is 0. The molecule has 1 aromatic carbocycles. The van der Waals surface area contributed by atoms with Crippen LogP contribution in [0.15, 0.2) is 28.8 Å². The molecule has 0 saturated heterocycles. The van der Waals surface area contributed by atoms with E-state index in [2.05, 4.69) is 34.4 Å². The summed E-state index contributed by atoms with van der Waals surface area (Å²) in [4.78, 5) is 4.47. The summed E-state index contributed by atoms with van der Waals surface area (Å²) in [7, 11) is 1.60. The summed E-state index contributed by atoms with van der Waals surface area (Å²) in [5.41, 5.74) is 8.43. The molecular formula is C15H19N3O2.